The minimum atomic E-state index is -7.51. The Hall–Kier alpha value is -3.17. The highest BCUT2D eigenvalue weighted by Crippen LogP contribution is 2.54. The van der Waals surface area contributed by atoms with Gasteiger partial charge in [0, 0.05) is 0 Å². The van der Waals surface area contributed by atoms with Crippen molar-refractivity contribution in [1.82, 2.24) is 4.98 Å². The number of hydrogen-bond donors (Lipinski definition) is 2. The van der Waals surface area contributed by atoms with Gasteiger partial charge in [-0.2, -0.15) is 79.0 Å². The Labute approximate surface area is 195 Å². The molecule has 0 unspecified atom stereocenters. The number of carbonyl (C=O) groups excluding carboxylic acids is 2. The first-order chi connectivity index (χ1) is 16.5. The number of amides is 2. The van der Waals surface area contributed by atoms with Gasteiger partial charge in [-0.1, -0.05) is 6.07 Å². The zero-order valence-electron chi connectivity index (χ0n) is 16.8. The molecule has 2 N–H and O–H groups in total. The number of alkyl halides is 18. The Bertz CT molecular complexity index is 983. The van der Waals surface area contributed by atoms with Crippen LogP contribution in [0.2, 0.25) is 0 Å². The summed E-state index contributed by atoms with van der Waals surface area (Å²) in [5, 5.41) is 1.00. The van der Waals surface area contributed by atoms with Crippen LogP contribution in [-0.2, 0) is 9.59 Å². The molecule has 0 aliphatic carbocycles. The van der Waals surface area contributed by atoms with Gasteiger partial charge in [0.25, 0.3) is 0 Å². The predicted molar refractivity (Wildman–Crippen MR) is 83.3 cm³/mol. The highest BCUT2D eigenvalue weighted by molar-refractivity contribution is 5.98. The van der Waals surface area contributed by atoms with Crippen LogP contribution in [0.15, 0.2) is 18.2 Å². The molecule has 1 heterocycles. The third-order valence-corrected chi connectivity index (χ3v) is 4.09. The minimum absolute atomic E-state index is 0.175. The lowest BCUT2D eigenvalue weighted by Crippen LogP contribution is -2.64. The van der Waals surface area contributed by atoms with Crippen molar-refractivity contribution < 1.29 is 88.6 Å². The van der Waals surface area contributed by atoms with Crippen molar-refractivity contribution >= 4 is 23.5 Å². The maximum atomic E-state index is 13.5. The van der Waals surface area contributed by atoms with Crippen LogP contribution >= 0.6 is 0 Å². The lowest BCUT2D eigenvalue weighted by atomic mass is 10.0. The summed E-state index contributed by atoms with van der Waals surface area (Å²) in [6.45, 7) is 0. The number of carbonyl (C=O) groups is 2. The van der Waals surface area contributed by atoms with Crippen LogP contribution in [0.25, 0.3) is 0 Å². The van der Waals surface area contributed by atoms with E-state index < -0.39 is 71.3 Å². The molecule has 0 aliphatic heterocycles. The molecule has 0 bridgehead atoms. The fourth-order valence-electron chi connectivity index (χ4n) is 2.00. The Balaban J connectivity index is 3.25. The minimum Gasteiger partial charge on any atom is -0.305 e. The Morgan fingerprint density at radius 3 is 1.00 bits per heavy atom. The summed E-state index contributed by atoms with van der Waals surface area (Å²) >= 11 is 0. The van der Waals surface area contributed by atoms with Gasteiger partial charge in [-0.25, -0.2) is 4.98 Å². The Morgan fingerprint density at radius 1 is 0.500 bits per heavy atom. The third-order valence-electron chi connectivity index (χ3n) is 4.09. The van der Waals surface area contributed by atoms with E-state index in [9.17, 15) is 88.6 Å². The van der Waals surface area contributed by atoms with Crippen molar-refractivity contribution in [3.05, 3.63) is 18.2 Å². The first-order valence-corrected chi connectivity index (χ1v) is 8.50. The van der Waals surface area contributed by atoms with Crippen LogP contribution in [0.4, 0.5) is 90.7 Å². The molecule has 218 valence electrons. The number of pyridine rings is 1. The zero-order chi connectivity index (χ0) is 30.6. The van der Waals surface area contributed by atoms with Crippen molar-refractivity contribution in [3.63, 3.8) is 0 Å². The van der Waals surface area contributed by atoms with Crippen molar-refractivity contribution in [3.8, 4) is 0 Å². The largest absolute Gasteiger partial charge is 0.460 e. The molecule has 1 rings (SSSR count). The van der Waals surface area contributed by atoms with Crippen LogP contribution in [-0.4, -0.2) is 64.7 Å². The predicted octanol–water partition coefficient (Wildman–Crippen LogP) is 5.90. The van der Waals surface area contributed by atoms with Crippen LogP contribution < -0.4 is 10.6 Å². The summed E-state index contributed by atoms with van der Waals surface area (Å²) in [4.78, 5) is 25.2. The van der Waals surface area contributed by atoms with E-state index in [1.54, 1.807) is 0 Å². The first-order valence-electron chi connectivity index (χ1n) is 8.50. The summed E-state index contributed by atoms with van der Waals surface area (Å²) in [5.74, 6) is -54.4. The summed E-state index contributed by atoms with van der Waals surface area (Å²) in [6, 6.07) is 0.641. The molecule has 1 aromatic rings. The van der Waals surface area contributed by atoms with E-state index in [1.165, 1.54) is 0 Å². The molecule has 0 aliphatic rings. The molecule has 0 saturated carbocycles. The molecule has 0 atom stereocenters. The van der Waals surface area contributed by atoms with Crippen molar-refractivity contribution in [2.75, 3.05) is 10.6 Å². The van der Waals surface area contributed by atoms with E-state index in [-0.39, 0.29) is 12.1 Å². The zero-order valence-corrected chi connectivity index (χ0v) is 16.8. The van der Waals surface area contributed by atoms with E-state index in [0.717, 1.165) is 0 Å². The topological polar surface area (TPSA) is 71.1 Å². The monoisotopic (exact) mass is 601 g/mol. The maximum Gasteiger partial charge on any atom is 0.460 e. The van der Waals surface area contributed by atoms with Gasteiger partial charge >= 0.3 is 59.7 Å². The normalized spacial score (nSPS) is 14.8. The second-order valence-corrected chi connectivity index (χ2v) is 6.76. The van der Waals surface area contributed by atoms with Crippen molar-refractivity contribution in [2.45, 2.75) is 47.9 Å². The number of halogens is 18. The molecule has 0 fully saturated rings. The fraction of sp³-hybridized carbons (Fsp3) is 0.533. The molecule has 2 amide bonds. The molecule has 23 heteroatoms. The molecule has 0 saturated heterocycles. The first kappa shape index (κ1) is 32.9. The lowest BCUT2D eigenvalue weighted by molar-refractivity contribution is -0.388. The third kappa shape index (κ3) is 5.09. The van der Waals surface area contributed by atoms with E-state index >= 15 is 0 Å². The van der Waals surface area contributed by atoms with Gasteiger partial charge in [0.1, 0.15) is 11.6 Å². The number of hydrogen-bond acceptors (Lipinski definition) is 3. The summed E-state index contributed by atoms with van der Waals surface area (Å²) < 4.78 is 231. The molecular formula is C15H5F18N3O2. The van der Waals surface area contributed by atoms with Crippen LogP contribution in [0.5, 0.6) is 0 Å². The van der Waals surface area contributed by atoms with Gasteiger partial charge in [0.15, 0.2) is 0 Å². The number of nitrogens with one attached hydrogen (secondary N) is 2. The molecule has 5 nitrogen and oxygen atoms in total. The molecule has 0 radical (unpaired) electrons. The summed E-state index contributed by atoms with van der Waals surface area (Å²) in [6.07, 6.45) is -14.6. The number of nitrogens with zero attached hydrogens (tertiary/aromatic N) is 1. The standard InChI is InChI=1S/C15H5F18N3O2/c16-8(17,10(20,21)12(24,25)14(28,29)30)6(37)35-4-2-1-3-5(34-4)36-7(38)9(18,19)11(22,23)13(26,27)15(31,32)33/h1-3H,(H2,34,35,36,37,38). The van der Waals surface area contributed by atoms with Crippen LogP contribution in [0.3, 0.4) is 0 Å². The van der Waals surface area contributed by atoms with Crippen molar-refractivity contribution in [2.24, 2.45) is 0 Å². The van der Waals surface area contributed by atoms with Crippen molar-refractivity contribution in [1.29, 1.82) is 0 Å². The second kappa shape index (κ2) is 9.24. The second-order valence-electron chi connectivity index (χ2n) is 6.76. The average Bonchev–Trinajstić information content (AvgIpc) is 2.71. The van der Waals surface area contributed by atoms with Gasteiger partial charge in [-0.15, -0.1) is 0 Å². The van der Waals surface area contributed by atoms with E-state index in [2.05, 4.69) is 4.98 Å². The quantitative estimate of drug-likeness (QED) is 0.365. The molecule has 0 spiro atoms. The fourth-order valence-corrected chi connectivity index (χ4v) is 2.00. The molecule has 38 heavy (non-hydrogen) atoms. The van der Waals surface area contributed by atoms with Crippen LogP contribution in [0.1, 0.15) is 0 Å². The van der Waals surface area contributed by atoms with Gasteiger partial charge in [-0.3, -0.25) is 9.59 Å². The van der Waals surface area contributed by atoms with Gasteiger partial charge in [-0.05, 0) is 12.1 Å². The maximum absolute atomic E-state index is 13.5. The lowest BCUT2D eigenvalue weighted by Gasteiger charge is -2.32. The van der Waals surface area contributed by atoms with Gasteiger partial charge in [0.2, 0.25) is 0 Å². The SMILES string of the molecule is O=C(Nc1cccc(NC(=O)C(F)(F)C(F)(F)C(F)(F)C(F)(F)F)n1)C(F)(F)C(F)(F)C(F)(F)C(F)(F)F. The van der Waals surface area contributed by atoms with Gasteiger partial charge < -0.3 is 10.6 Å². The highest BCUT2D eigenvalue weighted by Gasteiger charge is 2.85. The smallest absolute Gasteiger partial charge is 0.305 e. The highest BCUT2D eigenvalue weighted by atomic mass is 19.4. The average molecular weight is 601 g/mol. The number of anilines is 2. The van der Waals surface area contributed by atoms with E-state index in [1.807, 2.05) is 0 Å². The summed E-state index contributed by atoms with van der Waals surface area (Å²) in [5.41, 5.74) is 0. The Morgan fingerprint density at radius 2 is 0.763 bits per heavy atom. The molecular weight excluding hydrogens is 596 g/mol. The molecule has 1 aromatic heterocycles. The van der Waals surface area contributed by atoms with Gasteiger partial charge in [0.05, 0.1) is 0 Å². The summed E-state index contributed by atoms with van der Waals surface area (Å²) in [7, 11) is 0. The van der Waals surface area contributed by atoms with E-state index in [0.29, 0.717) is 16.7 Å². The molecule has 0 aromatic carbocycles. The van der Waals surface area contributed by atoms with Crippen LogP contribution in [0, 0.1) is 0 Å². The van der Waals surface area contributed by atoms with E-state index in [4.69, 9.17) is 0 Å². The number of aromatic nitrogens is 1. The number of rotatable bonds is 8. The Kier molecular flexibility index (Phi) is 7.99.